The molecule has 18 heavy (non-hydrogen) atoms. The molecule has 1 aromatic rings. The summed E-state index contributed by atoms with van der Waals surface area (Å²) in [7, 11) is 0. The Morgan fingerprint density at radius 2 is 2.28 bits per heavy atom. The van der Waals surface area contributed by atoms with Gasteiger partial charge in [0.2, 0.25) is 5.95 Å². The third-order valence-electron chi connectivity index (χ3n) is 3.97. The van der Waals surface area contributed by atoms with E-state index in [4.69, 9.17) is 0 Å². The van der Waals surface area contributed by atoms with Gasteiger partial charge < -0.3 is 9.88 Å². The Kier molecular flexibility index (Phi) is 4.67. The van der Waals surface area contributed by atoms with Crippen molar-refractivity contribution in [1.82, 2.24) is 9.55 Å². The van der Waals surface area contributed by atoms with E-state index in [1.165, 1.54) is 32.1 Å². The van der Waals surface area contributed by atoms with Crippen LogP contribution in [0.4, 0.5) is 5.95 Å². The SMILES string of the molecule is CCC1CCCC(Nc2nccn2CC(C)C)C1. The second kappa shape index (κ2) is 6.26. The summed E-state index contributed by atoms with van der Waals surface area (Å²) in [6, 6.07) is 0.622. The predicted molar refractivity (Wildman–Crippen MR) is 76.7 cm³/mol. The highest BCUT2D eigenvalue weighted by Gasteiger charge is 2.21. The first kappa shape index (κ1) is 13.4. The molecule has 3 heteroatoms. The summed E-state index contributed by atoms with van der Waals surface area (Å²) >= 11 is 0. The minimum absolute atomic E-state index is 0.622. The van der Waals surface area contributed by atoms with Crippen LogP contribution < -0.4 is 5.32 Å². The van der Waals surface area contributed by atoms with E-state index in [-0.39, 0.29) is 0 Å². The number of hydrogen-bond acceptors (Lipinski definition) is 2. The standard InChI is InChI=1S/C15H27N3/c1-4-13-6-5-7-14(10-13)17-15-16-8-9-18(15)11-12(2)3/h8-9,12-14H,4-7,10-11H2,1-3H3,(H,16,17). The molecule has 0 aromatic carbocycles. The summed E-state index contributed by atoms with van der Waals surface area (Å²) in [4.78, 5) is 4.47. The number of rotatable bonds is 5. The number of imidazole rings is 1. The molecule has 0 amide bonds. The molecule has 1 aromatic heterocycles. The monoisotopic (exact) mass is 249 g/mol. The Bertz CT molecular complexity index is 356. The van der Waals surface area contributed by atoms with Gasteiger partial charge >= 0.3 is 0 Å². The third-order valence-corrected chi connectivity index (χ3v) is 3.97. The van der Waals surface area contributed by atoms with E-state index in [2.05, 4.69) is 41.8 Å². The second-order valence-electron chi connectivity index (χ2n) is 6.08. The molecule has 1 aliphatic rings. The van der Waals surface area contributed by atoms with Gasteiger partial charge in [0.25, 0.3) is 0 Å². The second-order valence-corrected chi connectivity index (χ2v) is 6.08. The molecule has 2 atom stereocenters. The van der Waals surface area contributed by atoms with Crippen molar-refractivity contribution in [3.05, 3.63) is 12.4 Å². The van der Waals surface area contributed by atoms with Gasteiger partial charge in [0.15, 0.2) is 0 Å². The molecular weight excluding hydrogens is 222 g/mol. The van der Waals surface area contributed by atoms with Gasteiger partial charge in [-0.3, -0.25) is 0 Å². The Morgan fingerprint density at radius 3 is 3.00 bits per heavy atom. The predicted octanol–water partition coefficient (Wildman–Crippen LogP) is 3.92. The van der Waals surface area contributed by atoms with Crippen molar-refractivity contribution in [2.45, 2.75) is 65.5 Å². The smallest absolute Gasteiger partial charge is 0.202 e. The van der Waals surface area contributed by atoms with E-state index in [9.17, 15) is 0 Å². The largest absolute Gasteiger partial charge is 0.353 e. The highest BCUT2D eigenvalue weighted by Crippen LogP contribution is 2.28. The molecule has 1 fully saturated rings. The van der Waals surface area contributed by atoms with E-state index in [1.807, 2.05) is 6.20 Å². The molecule has 102 valence electrons. The topological polar surface area (TPSA) is 29.9 Å². The minimum Gasteiger partial charge on any atom is -0.353 e. The summed E-state index contributed by atoms with van der Waals surface area (Å²) in [6.07, 6.45) is 10.7. The van der Waals surface area contributed by atoms with Gasteiger partial charge in [-0.1, -0.05) is 40.0 Å². The van der Waals surface area contributed by atoms with Crippen LogP contribution in [0.3, 0.4) is 0 Å². The summed E-state index contributed by atoms with van der Waals surface area (Å²) in [5.41, 5.74) is 0. The fraction of sp³-hybridized carbons (Fsp3) is 0.800. The Hall–Kier alpha value is -0.990. The molecule has 1 N–H and O–H groups in total. The first-order chi connectivity index (χ1) is 8.69. The van der Waals surface area contributed by atoms with Gasteiger partial charge in [-0.25, -0.2) is 4.98 Å². The Morgan fingerprint density at radius 1 is 1.44 bits per heavy atom. The summed E-state index contributed by atoms with van der Waals surface area (Å²) < 4.78 is 2.25. The van der Waals surface area contributed by atoms with Crippen LogP contribution in [0.1, 0.15) is 52.9 Å². The average molecular weight is 249 g/mol. The van der Waals surface area contributed by atoms with E-state index < -0.39 is 0 Å². The number of nitrogens with zero attached hydrogens (tertiary/aromatic N) is 2. The molecule has 3 nitrogen and oxygen atoms in total. The number of nitrogens with one attached hydrogen (secondary N) is 1. The van der Waals surface area contributed by atoms with Crippen LogP contribution in [0.25, 0.3) is 0 Å². The number of anilines is 1. The molecule has 0 saturated heterocycles. The van der Waals surface area contributed by atoms with E-state index in [0.717, 1.165) is 18.4 Å². The van der Waals surface area contributed by atoms with E-state index >= 15 is 0 Å². The van der Waals surface area contributed by atoms with Crippen LogP contribution in [0.2, 0.25) is 0 Å². The van der Waals surface area contributed by atoms with Crippen LogP contribution in [0, 0.1) is 11.8 Å². The van der Waals surface area contributed by atoms with Crippen molar-refractivity contribution < 1.29 is 0 Å². The van der Waals surface area contributed by atoms with Crippen LogP contribution in [-0.2, 0) is 6.54 Å². The maximum Gasteiger partial charge on any atom is 0.202 e. The Balaban J connectivity index is 1.94. The zero-order valence-electron chi connectivity index (χ0n) is 12.0. The zero-order chi connectivity index (χ0) is 13.0. The maximum absolute atomic E-state index is 4.47. The van der Waals surface area contributed by atoms with Crippen molar-refractivity contribution in [3.63, 3.8) is 0 Å². The Labute approximate surface area is 111 Å². The van der Waals surface area contributed by atoms with Gasteiger partial charge in [0.1, 0.15) is 0 Å². The molecule has 0 aliphatic heterocycles. The van der Waals surface area contributed by atoms with Crippen molar-refractivity contribution in [3.8, 4) is 0 Å². The average Bonchev–Trinajstić information content (AvgIpc) is 2.76. The third kappa shape index (κ3) is 3.50. The van der Waals surface area contributed by atoms with Crippen molar-refractivity contribution in [2.24, 2.45) is 11.8 Å². The lowest BCUT2D eigenvalue weighted by Gasteiger charge is -2.29. The summed E-state index contributed by atoms with van der Waals surface area (Å²) in [5.74, 6) is 2.63. The maximum atomic E-state index is 4.47. The fourth-order valence-corrected chi connectivity index (χ4v) is 2.97. The normalized spacial score (nSPS) is 24.4. The van der Waals surface area contributed by atoms with Gasteiger partial charge in [-0.15, -0.1) is 0 Å². The van der Waals surface area contributed by atoms with Crippen molar-refractivity contribution in [1.29, 1.82) is 0 Å². The first-order valence-corrected chi connectivity index (χ1v) is 7.46. The molecule has 0 radical (unpaired) electrons. The highest BCUT2D eigenvalue weighted by atomic mass is 15.2. The first-order valence-electron chi connectivity index (χ1n) is 7.46. The van der Waals surface area contributed by atoms with Crippen molar-refractivity contribution >= 4 is 5.95 Å². The lowest BCUT2D eigenvalue weighted by Crippen LogP contribution is -2.28. The van der Waals surface area contributed by atoms with E-state index in [1.54, 1.807) is 0 Å². The molecular formula is C15H27N3. The quantitative estimate of drug-likeness (QED) is 0.857. The lowest BCUT2D eigenvalue weighted by atomic mass is 9.84. The molecule has 0 bridgehead atoms. The number of aromatic nitrogens is 2. The van der Waals surface area contributed by atoms with Gasteiger partial charge in [0, 0.05) is 25.0 Å². The minimum atomic E-state index is 0.622. The molecule has 2 unspecified atom stereocenters. The van der Waals surface area contributed by atoms with Gasteiger partial charge in [-0.2, -0.15) is 0 Å². The van der Waals surface area contributed by atoms with Crippen LogP contribution in [-0.4, -0.2) is 15.6 Å². The van der Waals surface area contributed by atoms with Crippen molar-refractivity contribution in [2.75, 3.05) is 5.32 Å². The molecule has 1 aliphatic carbocycles. The summed E-state index contributed by atoms with van der Waals surface area (Å²) in [5, 5.41) is 3.65. The fourth-order valence-electron chi connectivity index (χ4n) is 2.97. The zero-order valence-corrected chi connectivity index (χ0v) is 12.0. The molecule has 1 heterocycles. The molecule has 1 saturated carbocycles. The molecule has 2 rings (SSSR count). The van der Waals surface area contributed by atoms with Crippen LogP contribution in [0.15, 0.2) is 12.4 Å². The van der Waals surface area contributed by atoms with Crippen LogP contribution in [0.5, 0.6) is 0 Å². The van der Waals surface area contributed by atoms with E-state index in [0.29, 0.717) is 12.0 Å². The summed E-state index contributed by atoms with van der Waals surface area (Å²) in [6.45, 7) is 7.86. The molecule has 0 spiro atoms. The van der Waals surface area contributed by atoms with Crippen LogP contribution >= 0.6 is 0 Å². The lowest BCUT2D eigenvalue weighted by molar-refractivity contribution is 0.325. The van der Waals surface area contributed by atoms with Gasteiger partial charge in [0.05, 0.1) is 0 Å². The van der Waals surface area contributed by atoms with Gasteiger partial charge in [-0.05, 0) is 24.7 Å². The highest BCUT2D eigenvalue weighted by molar-refractivity contribution is 5.27. The number of hydrogen-bond donors (Lipinski definition) is 1.